The lowest BCUT2D eigenvalue weighted by atomic mass is 10.1. The number of nitriles is 1. The molecule has 0 amide bonds. The molecule has 0 bridgehead atoms. The maximum absolute atomic E-state index is 12.1. The molecule has 0 fully saturated rings. The summed E-state index contributed by atoms with van der Waals surface area (Å²) in [4.78, 5) is 10.8. The van der Waals surface area contributed by atoms with Crippen molar-refractivity contribution in [3.63, 3.8) is 0 Å². The van der Waals surface area contributed by atoms with Crippen LogP contribution in [0.15, 0.2) is 17.0 Å². The summed E-state index contributed by atoms with van der Waals surface area (Å²) in [6.45, 7) is -3.21. The average molecular weight is 245 g/mol. The molecule has 1 N–H and O–H groups in total. The lowest BCUT2D eigenvalue weighted by Crippen LogP contribution is -2.10. The standard InChI is InChI=1S/C9H5F2NO3S/c10-9(11)15-7-4(3-12)1-2-5(16)6(7)8(13)14/h1-2,9,16H,(H,13,14). The van der Waals surface area contributed by atoms with Gasteiger partial charge in [0, 0.05) is 4.90 Å². The van der Waals surface area contributed by atoms with E-state index in [0.717, 1.165) is 6.07 Å². The van der Waals surface area contributed by atoms with Crippen LogP contribution in [-0.2, 0) is 0 Å². The van der Waals surface area contributed by atoms with Gasteiger partial charge in [-0.2, -0.15) is 14.0 Å². The third-order valence-corrected chi connectivity index (χ3v) is 2.05. The molecule has 0 aliphatic carbocycles. The monoisotopic (exact) mass is 245 g/mol. The number of hydrogen-bond donors (Lipinski definition) is 2. The van der Waals surface area contributed by atoms with Crippen molar-refractivity contribution in [2.45, 2.75) is 11.5 Å². The average Bonchev–Trinajstić information content (AvgIpc) is 2.16. The summed E-state index contributed by atoms with van der Waals surface area (Å²) in [5.41, 5.74) is -0.835. The molecule has 4 nitrogen and oxygen atoms in total. The highest BCUT2D eigenvalue weighted by atomic mass is 32.1. The third kappa shape index (κ3) is 2.41. The van der Waals surface area contributed by atoms with Crippen LogP contribution in [0, 0.1) is 11.3 Å². The fraction of sp³-hybridized carbons (Fsp3) is 0.111. The van der Waals surface area contributed by atoms with E-state index in [4.69, 9.17) is 10.4 Å². The van der Waals surface area contributed by atoms with E-state index in [1.165, 1.54) is 6.07 Å². The van der Waals surface area contributed by atoms with Crippen molar-refractivity contribution < 1.29 is 23.4 Å². The smallest absolute Gasteiger partial charge is 0.387 e. The Bertz CT molecular complexity index is 471. The Morgan fingerprint density at radius 2 is 2.19 bits per heavy atom. The van der Waals surface area contributed by atoms with Crippen molar-refractivity contribution >= 4 is 18.6 Å². The summed E-state index contributed by atoms with van der Waals surface area (Å²) in [6, 6.07) is 3.95. The van der Waals surface area contributed by atoms with Crippen molar-refractivity contribution in [2.75, 3.05) is 0 Å². The van der Waals surface area contributed by atoms with E-state index < -0.39 is 23.9 Å². The summed E-state index contributed by atoms with van der Waals surface area (Å²) in [5.74, 6) is -2.16. The van der Waals surface area contributed by atoms with Gasteiger partial charge in [0.2, 0.25) is 0 Å². The fourth-order valence-corrected chi connectivity index (χ4v) is 1.35. The van der Waals surface area contributed by atoms with Gasteiger partial charge in [-0.1, -0.05) is 0 Å². The predicted octanol–water partition coefficient (Wildman–Crippen LogP) is 2.15. The number of aromatic carboxylic acids is 1. The minimum atomic E-state index is -3.21. The fourth-order valence-electron chi connectivity index (χ4n) is 1.08. The predicted molar refractivity (Wildman–Crippen MR) is 52.0 cm³/mol. The molecular formula is C9H5F2NO3S. The molecule has 0 spiro atoms. The Labute approximate surface area is 94.5 Å². The van der Waals surface area contributed by atoms with Gasteiger partial charge in [0.05, 0.1) is 5.56 Å². The van der Waals surface area contributed by atoms with Gasteiger partial charge in [-0.05, 0) is 12.1 Å². The quantitative estimate of drug-likeness (QED) is 0.800. The summed E-state index contributed by atoms with van der Waals surface area (Å²) in [7, 11) is 0. The van der Waals surface area contributed by atoms with Gasteiger partial charge in [0.25, 0.3) is 0 Å². The topological polar surface area (TPSA) is 70.3 Å². The number of benzene rings is 1. The van der Waals surface area contributed by atoms with E-state index in [2.05, 4.69) is 17.4 Å². The molecule has 84 valence electrons. The van der Waals surface area contributed by atoms with Crippen LogP contribution in [0.1, 0.15) is 15.9 Å². The molecule has 1 rings (SSSR count). The largest absolute Gasteiger partial charge is 0.478 e. The molecule has 0 radical (unpaired) electrons. The van der Waals surface area contributed by atoms with E-state index in [1.807, 2.05) is 0 Å². The van der Waals surface area contributed by atoms with Crippen LogP contribution in [-0.4, -0.2) is 17.7 Å². The zero-order valence-corrected chi connectivity index (χ0v) is 8.54. The van der Waals surface area contributed by atoms with E-state index in [1.54, 1.807) is 6.07 Å². The first-order chi connectivity index (χ1) is 7.47. The highest BCUT2D eigenvalue weighted by molar-refractivity contribution is 7.80. The number of carboxylic acid groups (broad SMARTS) is 1. The number of carbonyl (C=O) groups is 1. The molecule has 0 heterocycles. The van der Waals surface area contributed by atoms with Crippen LogP contribution < -0.4 is 4.74 Å². The molecule has 1 aromatic rings. The first-order valence-electron chi connectivity index (χ1n) is 3.91. The van der Waals surface area contributed by atoms with Crippen LogP contribution in [0.3, 0.4) is 0 Å². The minimum Gasteiger partial charge on any atom is -0.478 e. The van der Waals surface area contributed by atoms with Gasteiger partial charge in [0.15, 0.2) is 5.75 Å². The number of thiol groups is 1. The van der Waals surface area contributed by atoms with Crippen LogP contribution in [0.2, 0.25) is 0 Å². The Kier molecular flexibility index (Phi) is 3.68. The SMILES string of the molecule is N#Cc1ccc(S)c(C(=O)O)c1OC(F)F. The molecule has 0 aromatic heterocycles. The zero-order chi connectivity index (χ0) is 12.3. The van der Waals surface area contributed by atoms with E-state index in [0.29, 0.717) is 0 Å². The number of alkyl halides is 2. The Hall–Kier alpha value is -1.81. The normalized spacial score (nSPS) is 9.94. The maximum Gasteiger partial charge on any atom is 0.387 e. The Morgan fingerprint density at radius 1 is 1.56 bits per heavy atom. The van der Waals surface area contributed by atoms with Crippen molar-refractivity contribution in [2.24, 2.45) is 0 Å². The molecular weight excluding hydrogens is 240 g/mol. The first kappa shape index (κ1) is 12.3. The van der Waals surface area contributed by atoms with Crippen molar-refractivity contribution in [1.82, 2.24) is 0 Å². The number of halogens is 2. The molecule has 0 aliphatic rings. The minimum absolute atomic E-state index is 0.0536. The number of rotatable bonds is 3. The first-order valence-corrected chi connectivity index (χ1v) is 4.36. The van der Waals surface area contributed by atoms with Crippen LogP contribution in [0.25, 0.3) is 0 Å². The van der Waals surface area contributed by atoms with E-state index in [9.17, 15) is 13.6 Å². The molecule has 16 heavy (non-hydrogen) atoms. The second-order valence-electron chi connectivity index (χ2n) is 2.63. The van der Waals surface area contributed by atoms with Gasteiger partial charge in [-0.25, -0.2) is 4.79 Å². The molecule has 0 saturated heterocycles. The Morgan fingerprint density at radius 3 is 2.62 bits per heavy atom. The number of hydrogen-bond acceptors (Lipinski definition) is 4. The number of carboxylic acids is 1. The number of ether oxygens (including phenoxy) is 1. The Balaban J connectivity index is 3.44. The molecule has 0 saturated carbocycles. The lowest BCUT2D eigenvalue weighted by Gasteiger charge is -2.10. The summed E-state index contributed by atoms with van der Waals surface area (Å²) >= 11 is 3.80. The summed E-state index contributed by atoms with van der Waals surface area (Å²) < 4.78 is 28.1. The second kappa shape index (κ2) is 4.81. The second-order valence-corrected chi connectivity index (χ2v) is 3.11. The maximum atomic E-state index is 12.1. The molecule has 1 aromatic carbocycles. The van der Waals surface area contributed by atoms with Gasteiger partial charge in [-0.15, -0.1) is 12.6 Å². The van der Waals surface area contributed by atoms with E-state index >= 15 is 0 Å². The van der Waals surface area contributed by atoms with Crippen molar-refractivity contribution in [3.05, 3.63) is 23.3 Å². The molecule has 0 aliphatic heterocycles. The zero-order valence-electron chi connectivity index (χ0n) is 7.65. The van der Waals surface area contributed by atoms with Crippen LogP contribution in [0.5, 0.6) is 5.75 Å². The van der Waals surface area contributed by atoms with Crippen molar-refractivity contribution in [3.8, 4) is 11.8 Å². The van der Waals surface area contributed by atoms with Crippen molar-refractivity contribution in [1.29, 1.82) is 5.26 Å². The molecule has 7 heteroatoms. The summed E-state index contributed by atoms with van der Waals surface area (Å²) in [6.07, 6.45) is 0. The van der Waals surface area contributed by atoms with Gasteiger partial charge >= 0.3 is 12.6 Å². The highest BCUT2D eigenvalue weighted by Gasteiger charge is 2.21. The van der Waals surface area contributed by atoms with Gasteiger partial charge in [-0.3, -0.25) is 0 Å². The van der Waals surface area contributed by atoms with Gasteiger partial charge < -0.3 is 9.84 Å². The van der Waals surface area contributed by atoms with Crippen LogP contribution >= 0.6 is 12.6 Å². The lowest BCUT2D eigenvalue weighted by molar-refractivity contribution is -0.0506. The van der Waals surface area contributed by atoms with Gasteiger partial charge in [0.1, 0.15) is 11.6 Å². The highest BCUT2D eigenvalue weighted by Crippen LogP contribution is 2.30. The number of nitrogens with zero attached hydrogens (tertiary/aromatic N) is 1. The molecule has 0 atom stereocenters. The van der Waals surface area contributed by atoms with E-state index in [-0.39, 0.29) is 10.5 Å². The molecule has 0 unspecified atom stereocenters. The third-order valence-electron chi connectivity index (χ3n) is 1.68. The van der Waals surface area contributed by atoms with Crippen LogP contribution in [0.4, 0.5) is 8.78 Å². The summed E-state index contributed by atoms with van der Waals surface area (Å²) in [5, 5.41) is 17.4.